The van der Waals surface area contributed by atoms with Gasteiger partial charge in [-0.2, -0.15) is 0 Å². The lowest BCUT2D eigenvalue weighted by Gasteiger charge is -2.38. The number of aliphatic imine (C=N–C) groups is 1. The number of hydrazine groups is 1. The lowest BCUT2D eigenvalue weighted by molar-refractivity contribution is 0.0957. The maximum atomic E-state index is 13.9. The van der Waals surface area contributed by atoms with Gasteiger partial charge in [0.1, 0.15) is 11.7 Å². The highest BCUT2D eigenvalue weighted by atomic mass is 19.1. The summed E-state index contributed by atoms with van der Waals surface area (Å²) in [5.41, 5.74) is 7.00. The number of aromatic nitrogens is 2. The van der Waals surface area contributed by atoms with Crippen molar-refractivity contribution in [2.24, 2.45) is 12.0 Å². The fourth-order valence-electron chi connectivity index (χ4n) is 4.76. The fourth-order valence-corrected chi connectivity index (χ4v) is 4.76. The quantitative estimate of drug-likeness (QED) is 0.102. The van der Waals surface area contributed by atoms with E-state index in [0.29, 0.717) is 12.8 Å². The van der Waals surface area contributed by atoms with Crippen LogP contribution in [0.5, 0.6) is 0 Å². The summed E-state index contributed by atoms with van der Waals surface area (Å²) in [6.45, 7) is 20.5. The van der Waals surface area contributed by atoms with Crippen LogP contribution in [0, 0.1) is 6.92 Å². The Morgan fingerprint density at radius 1 is 1.17 bits per heavy atom. The average Bonchev–Trinajstić information content (AvgIpc) is 3.21. The minimum absolute atomic E-state index is 0.120. The molecule has 228 valence electrons. The lowest BCUT2D eigenvalue weighted by Crippen LogP contribution is -2.46. The first-order valence-corrected chi connectivity index (χ1v) is 15.4. The number of hydrogen-bond acceptors (Lipinski definition) is 3. The maximum absolute atomic E-state index is 13.9. The van der Waals surface area contributed by atoms with Gasteiger partial charge in [-0.3, -0.25) is 10.0 Å². The number of rotatable bonds is 13. The molecule has 0 amide bonds. The predicted molar refractivity (Wildman–Crippen MR) is 178 cm³/mol. The van der Waals surface area contributed by atoms with Gasteiger partial charge in [0, 0.05) is 45.4 Å². The van der Waals surface area contributed by atoms with Crippen LogP contribution in [0.15, 0.2) is 113 Å². The third kappa shape index (κ3) is 11.0. The summed E-state index contributed by atoms with van der Waals surface area (Å²) < 4.78 is 15.8. The molecule has 42 heavy (non-hydrogen) atoms. The number of allylic oxidation sites excluding steroid dienone is 11. The zero-order valence-corrected chi connectivity index (χ0v) is 26.9. The SMILES string of the molecule is C=CC(/C=C/CC(=NC=C1CCC1)N(CCC)N(CC)C1=CC=C(F)CC=C1)=C(/CC)C(=C)CC.Cc1cn(C)cn1. The number of nitrogens with zero attached hydrogens (tertiary/aromatic N) is 5. The molecular formula is C36H52FN5. The molecule has 0 spiro atoms. The molecule has 1 fully saturated rings. The number of likely N-dealkylation sites (N-methyl/N-ethyl adjacent to an activating group) is 1. The summed E-state index contributed by atoms with van der Waals surface area (Å²) in [6, 6.07) is 0. The highest BCUT2D eigenvalue weighted by Crippen LogP contribution is 2.26. The average molecular weight is 574 g/mol. The third-order valence-corrected chi connectivity index (χ3v) is 7.26. The second-order valence-electron chi connectivity index (χ2n) is 10.6. The minimum Gasteiger partial charge on any atom is -0.340 e. The van der Waals surface area contributed by atoms with Crippen molar-refractivity contribution in [2.75, 3.05) is 13.1 Å². The molecule has 1 aromatic rings. The zero-order chi connectivity index (χ0) is 30.9. The second kappa shape index (κ2) is 18.7. The van der Waals surface area contributed by atoms with Crippen molar-refractivity contribution in [3.05, 3.63) is 114 Å². The van der Waals surface area contributed by atoms with Gasteiger partial charge in [-0.1, -0.05) is 69.4 Å². The molecule has 5 nitrogen and oxygen atoms in total. The minimum atomic E-state index is -0.120. The largest absolute Gasteiger partial charge is 0.340 e. The molecule has 0 aliphatic heterocycles. The van der Waals surface area contributed by atoms with Crippen molar-refractivity contribution < 1.29 is 4.39 Å². The molecule has 1 saturated carbocycles. The van der Waals surface area contributed by atoms with E-state index >= 15 is 0 Å². The molecule has 2 aliphatic rings. The van der Waals surface area contributed by atoms with Crippen LogP contribution in [0.4, 0.5) is 4.39 Å². The van der Waals surface area contributed by atoms with Crippen molar-refractivity contribution in [1.29, 1.82) is 0 Å². The molecule has 6 heteroatoms. The van der Waals surface area contributed by atoms with Gasteiger partial charge in [0.2, 0.25) is 0 Å². The molecule has 0 radical (unpaired) electrons. The van der Waals surface area contributed by atoms with Crippen LogP contribution in [0.1, 0.15) is 84.8 Å². The first kappa shape index (κ1) is 34.5. The van der Waals surface area contributed by atoms with Gasteiger partial charge < -0.3 is 4.57 Å². The Hall–Kier alpha value is -3.67. The number of aryl methyl sites for hydroxylation is 2. The number of amidine groups is 1. The van der Waals surface area contributed by atoms with Crippen molar-refractivity contribution in [2.45, 2.75) is 86.0 Å². The first-order chi connectivity index (χ1) is 20.3. The normalized spacial score (nSPS) is 15.5. The van der Waals surface area contributed by atoms with E-state index in [4.69, 9.17) is 4.99 Å². The molecule has 0 unspecified atom stereocenters. The molecule has 3 rings (SSSR count). The molecule has 0 atom stereocenters. The molecule has 0 N–H and O–H groups in total. The summed E-state index contributed by atoms with van der Waals surface area (Å²) in [6.07, 6.45) is 26.8. The summed E-state index contributed by atoms with van der Waals surface area (Å²) in [7, 11) is 1.96. The Bertz CT molecular complexity index is 1230. The van der Waals surface area contributed by atoms with Crippen LogP contribution in [-0.4, -0.2) is 38.5 Å². The van der Waals surface area contributed by atoms with Gasteiger partial charge in [0.15, 0.2) is 0 Å². The van der Waals surface area contributed by atoms with Crippen LogP contribution in [0.25, 0.3) is 0 Å². The predicted octanol–water partition coefficient (Wildman–Crippen LogP) is 9.63. The van der Waals surface area contributed by atoms with E-state index in [1.807, 2.05) is 49.0 Å². The molecule has 1 heterocycles. The van der Waals surface area contributed by atoms with E-state index in [9.17, 15) is 4.39 Å². The molecule has 1 aromatic heterocycles. The van der Waals surface area contributed by atoms with Crippen molar-refractivity contribution >= 4 is 5.84 Å². The van der Waals surface area contributed by atoms with E-state index in [0.717, 1.165) is 73.6 Å². The van der Waals surface area contributed by atoms with Crippen LogP contribution < -0.4 is 0 Å². The molecule has 0 saturated heterocycles. The van der Waals surface area contributed by atoms with Gasteiger partial charge in [-0.15, -0.1) is 0 Å². The summed E-state index contributed by atoms with van der Waals surface area (Å²) in [5, 5.41) is 4.47. The first-order valence-electron chi connectivity index (χ1n) is 15.4. The highest BCUT2D eigenvalue weighted by molar-refractivity contribution is 5.84. The zero-order valence-electron chi connectivity index (χ0n) is 26.9. The summed E-state index contributed by atoms with van der Waals surface area (Å²) in [4.78, 5) is 8.97. The molecular weight excluding hydrogens is 521 g/mol. The topological polar surface area (TPSA) is 36.7 Å². The van der Waals surface area contributed by atoms with Gasteiger partial charge >= 0.3 is 0 Å². The Balaban J connectivity index is 0.000000766. The van der Waals surface area contributed by atoms with E-state index in [1.54, 1.807) is 12.4 Å². The standard InChI is InChI=1S/C31H44FN3.C5H8N2/c1-7-23-35(34(11-5)29-19-14-18-28(32)21-22-29)31(33-24-26-15-12-16-26)20-13-17-27(9-3)30(10-4)25(6)8-2;1-5-3-7(2)4-6-5/h9,13-14,17,19,21-22,24H,3,6-8,10-12,15-16,18,20,23H2,1-2,4-5H3;3-4H,1-2H3/b17-13+,30-27+,33-31?;. The lowest BCUT2D eigenvalue weighted by atomic mass is 9.94. The Morgan fingerprint density at radius 3 is 2.43 bits per heavy atom. The number of imidazole rings is 1. The fraction of sp³-hybridized carbons (Fsp3) is 0.444. The molecule has 0 bridgehead atoms. The van der Waals surface area contributed by atoms with Gasteiger partial charge in [-0.05, 0) is 81.7 Å². The van der Waals surface area contributed by atoms with Crippen molar-refractivity contribution in [3.8, 4) is 0 Å². The molecule has 0 aromatic carbocycles. The third-order valence-electron chi connectivity index (χ3n) is 7.26. The van der Waals surface area contributed by atoms with Gasteiger partial charge in [0.05, 0.1) is 17.7 Å². The summed E-state index contributed by atoms with van der Waals surface area (Å²) in [5.74, 6) is 0.869. The maximum Gasteiger partial charge on any atom is 0.126 e. The van der Waals surface area contributed by atoms with Crippen LogP contribution in [0.3, 0.4) is 0 Å². The van der Waals surface area contributed by atoms with Crippen molar-refractivity contribution in [1.82, 2.24) is 19.6 Å². The van der Waals surface area contributed by atoms with Crippen LogP contribution in [-0.2, 0) is 7.05 Å². The van der Waals surface area contributed by atoms with E-state index < -0.39 is 0 Å². The van der Waals surface area contributed by atoms with E-state index in [2.05, 4.69) is 74.2 Å². The van der Waals surface area contributed by atoms with Crippen LogP contribution >= 0.6 is 0 Å². The second-order valence-corrected chi connectivity index (χ2v) is 10.6. The summed E-state index contributed by atoms with van der Waals surface area (Å²) >= 11 is 0. The smallest absolute Gasteiger partial charge is 0.126 e. The van der Waals surface area contributed by atoms with Gasteiger partial charge in [-0.25, -0.2) is 14.4 Å². The van der Waals surface area contributed by atoms with Crippen molar-refractivity contribution in [3.63, 3.8) is 0 Å². The number of halogens is 1. The van der Waals surface area contributed by atoms with E-state index in [-0.39, 0.29) is 5.83 Å². The molecule has 2 aliphatic carbocycles. The monoisotopic (exact) mass is 573 g/mol. The Labute approximate surface area is 254 Å². The number of hydrogen-bond donors (Lipinski definition) is 0. The van der Waals surface area contributed by atoms with Crippen LogP contribution in [0.2, 0.25) is 0 Å². The van der Waals surface area contributed by atoms with Gasteiger partial charge in [0.25, 0.3) is 0 Å². The Morgan fingerprint density at radius 2 is 1.93 bits per heavy atom. The Kier molecular flexibility index (Phi) is 15.4. The van der Waals surface area contributed by atoms with E-state index in [1.165, 1.54) is 17.6 Å². The highest BCUT2D eigenvalue weighted by Gasteiger charge is 2.19.